The molecule has 0 aromatic carbocycles. The molecule has 4 N–H and O–H groups in total. The zero-order valence-electron chi connectivity index (χ0n) is 18.5. The second-order valence-corrected chi connectivity index (χ2v) is 8.07. The van der Waals surface area contributed by atoms with Gasteiger partial charge in [0.05, 0.1) is 12.0 Å². The first-order valence-electron chi connectivity index (χ1n) is 11.0. The van der Waals surface area contributed by atoms with Gasteiger partial charge in [-0.05, 0) is 45.4 Å². The average Bonchev–Trinajstić information content (AvgIpc) is 2.68. The molecule has 5 nitrogen and oxygen atoms in total. The van der Waals surface area contributed by atoms with Gasteiger partial charge in [0.15, 0.2) is 0 Å². The highest BCUT2D eigenvalue weighted by Crippen LogP contribution is 2.20. The van der Waals surface area contributed by atoms with E-state index in [1.54, 1.807) is 13.0 Å². The Kier molecular flexibility index (Phi) is 15.6. The van der Waals surface area contributed by atoms with Crippen LogP contribution in [0.3, 0.4) is 0 Å². The van der Waals surface area contributed by atoms with E-state index < -0.39 is 29.7 Å². The van der Waals surface area contributed by atoms with Gasteiger partial charge in [0.1, 0.15) is 11.7 Å². The van der Waals surface area contributed by atoms with E-state index in [9.17, 15) is 20.1 Å². The Bertz CT molecular complexity index is 507. The zero-order chi connectivity index (χ0) is 22.1. The van der Waals surface area contributed by atoms with Crippen molar-refractivity contribution in [3.63, 3.8) is 0 Å². The van der Waals surface area contributed by atoms with E-state index in [4.69, 9.17) is 5.11 Å². The van der Waals surface area contributed by atoms with Crippen molar-refractivity contribution >= 4 is 5.97 Å². The van der Waals surface area contributed by atoms with E-state index in [2.05, 4.69) is 25.2 Å². The lowest BCUT2D eigenvalue weighted by Crippen LogP contribution is -2.45. The van der Waals surface area contributed by atoms with Crippen LogP contribution in [0.4, 0.5) is 0 Å². The highest BCUT2D eigenvalue weighted by Gasteiger charge is 2.32. The van der Waals surface area contributed by atoms with Crippen LogP contribution in [0.2, 0.25) is 0 Å². The smallest absolute Gasteiger partial charge is 0.306 e. The van der Waals surface area contributed by atoms with Gasteiger partial charge in [-0.1, -0.05) is 76.0 Å². The van der Waals surface area contributed by atoms with Gasteiger partial charge in [-0.15, -0.1) is 0 Å². The van der Waals surface area contributed by atoms with Crippen molar-refractivity contribution in [1.29, 1.82) is 0 Å². The Morgan fingerprint density at radius 3 is 2.14 bits per heavy atom. The van der Waals surface area contributed by atoms with Crippen LogP contribution in [0.25, 0.3) is 0 Å². The highest BCUT2D eigenvalue weighted by molar-refractivity contribution is 5.69. The zero-order valence-corrected chi connectivity index (χ0v) is 18.5. The van der Waals surface area contributed by atoms with Crippen LogP contribution in [0.1, 0.15) is 85.0 Å². The van der Waals surface area contributed by atoms with Gasteiger partial charge in [0.2, 0.25) is 0 Å². The fourth-order valence-corrected chi connectivity index (χ4v) is 2.96. The third-order valence-electron chi connectivity index (χ3n) is 5.08. The van der Waals surface area contributed by atoms with Crippen molar-refractivity contribution in [3.8, 4) is 0 Å². The average molecular weight is 411 g/mol. The predicted molar refractivity (Wildman–Crippen MR) is 119 cm³/mol. The maximum Gasteiger partial charge on any atom is 0.306 e. The van der Waals surface area contributed by atoms with Crippen LogP contribution >= 0.6 is 0 Å². The van der Waals surface area contributed by atoms with Crippen molar-refractivity contribution in [1.82, 2.24) is 0 Å². The van der Waals surface area contributed by atoms with Crippen molar-refractivity contribution in [3.05, 3.63) is 36.5 Å². The third kappa shape index (κ3) is 14.2. The van der Waals surface area contributed by atoms with E-state index in [0.29, 0.717) is 32.1 Å². The number of carboxylic acids is 1. The number of allylic oxidation sites excluding steroid dienone is 5. The number of unbranched alkanes of at least 4 members (excludes halogenated alkanes) is 4. The number of aliphatic hydroxyl groups excluding tert-OH is 2. The van der Waals surface area contributed by atoms with E-state index >= 15 is 0 Å². The van der Waals surface area contributed by atoms with Crippen LogP contribution in [0.5, 0.6) is 0 Å². The summed E-state index contributed by atoms with van der Waals surface area (Å²) in [4.78, 5) is 10.8. The van der Waals surface area contributed by atoms with Crippen LogP contribution in [0, 0.1) is 5.92 Å². The van der Waals surface area contributed by atoms with Crippen molar-refractivity contribution < 1.29 is 25.2 Å². The minimum atomic E-state index is -1.51. The molecule has 168 valence electrons. The molecule has 0 aromatic rings. The van der Waals surface area contributed by atoms with Crippen molar-refractivity contribution in [2.45, 2.75) is 103 Å². The van der Waals surface area contributed by atoms with Crippen molar-refractivity contribution in [2.24, 2.45) is 5.92 Å². The van der Waals surface area contributed by atoms with Gasteiger partial charge in [-0.2, -0.15) is 0 Å². The largest absolute Gasteiger partial charge is 0.481 e. The number of aliphatic carboxylic acids is 1. The molecule has 0 aliphatic rings. The first kappa shape index (κ1) is 27.6. The van der Waals surface area contributed by atoms with Crippen LogP contribution in [-0.2, 0) is 4.79 Å². The van der Waals surface area contributed by atoms with Crippen molar-refractivity contribution in [2.75, 3.05) is 0 Å². The number of carboxylic acid groups (broad SMARTS) is 1. The minimum absolute atomic E-state index is 0.321. The first-order chi connectivity index (χ1) is 13.7. The summed E-state index contributed by atoms with van der Waals surface area (Å²) in [6, 6.07) is 0. The molecule has 0 rings (SSSR count). The lowest BCUT2D eigenvalue weighted by atomic mass is 9.91. The molecule has 0 saturated carbocycles. The second kappa shape index (κ2) is 16.4. The summed E-state index contributed by atoms with van der Waals surface area (Å²) in [5.74, 6) is -1.23. The summed E-state index contributed by atoms with van der Waals surface area (Å²) >= 11 is 0. The fourth-order valence-electron chi connectivity index (χ4n) is 2.96. The summed E-state index contributed by atoms with van der Waals surface area (Å²) in [6.45, 7) is 5.33. The molecule has 0 bridgehead atoms. The topological polar surface area (TPSA) is 98.0 Å². The van der Waals surface area contributed by atoms with Gasteiger partial charge >= 0.3 is 5.97 Å². The number of carbonyl (C=O) groups is 1. The summed E-state index contributed by atoms with van der Waals surface area (Å²) in [7, 11) is 0. The maximum absolute atomic E-state index is 10.8. The molecule has 29 heavy (non-hydrogen) atoms. The Morgan fingerprint density at radius 2 is 1.52 bits per heavy atom. The maximum atomic E-state index is 10.8. The number of rotatable bonds is 17. The minimum Gasteiger partial charge on any atom is -0.481 e. The van der Waals surface area contributed by atoms with Gasteiger partial charge < -0.3 is 20.4 Å². The first-order valence-corrected chi connectivity index (χ1v) is 11.0. The van der Waals surface area contributed by atoms with E-state index in [1.807, 2.05) is 6.08 Å². The lowest BCUT2D eigenvalue weighted by molar-refractivity contribution is -0.141. The molecule has 0 aliphatic carbocycles. The Hall–Kier alpha value is -1.43. The van der Waals surface area contributed by atoms with E-state index in [0.717, 1.165) is 12.8 Å². The standard InChI is InChI=1S/C24H42O5/c1-4-5-6-7-8-9-10-11-12-13-16-19-24(3,29)22(26)21(25)18-15-14-17-20(2)23(27)28/h8-9,11-12,16,19-22,25-26,29H,4-7,10,13-15,17-18H2,1-3H3,(H,27,28)/b9-8-,12-11-,19-16-. The Labute approximate surface area is 176 Å². The van der Waals surface area contributed by atoms with Gasteiger partial charge in [0, 0.05) is 0 Å². The highest BCUT2D eigenvalue weighted by atomic mass is 16.4. The molecule has 0 saturated heterocycles. The molecule has 5 heteroatoms. The SMILES string of the molecule is CCCCC/C=C\C/C=C\C/C=C\C(C)(O)C(O)C(O)CCCCC(C)C(=O)O. The number of hydrogen-bond acceptors (Lipinski definition) is 4. The summed E-state index contributed by atoms with van der Waals surface area (Å²) in [5, 5.41) is 39.6. The molecule has 0 aromatic heterocycles. The van der Waals surface area contributed by atoms with Crippen LogP contribution in [-0.4, -0.2) is 44.2 Å². The van der Waals surface area contributed by atoms with Gasteiger partial charge in [-0.3, -0.25) is 4.79 Å². The predicted octanol–water partition coefficient (Wildman–Crippen LogP) is 4.77. The van der Waals surface area contributed by atoms with E-state index in [-0.39, 0.29) is 0 Å². The Morgan fingerprint density at radius 1 is 0.931 bits per heavy atom. The summed E-state index contributed by atoms with van der Waals surface area (Å²) < 4.78 is 0. The summed E-state index contributed by atoms with van der Waals surface area (Å²) in [5.41, 5.74) is -1.51. The molecule has 4 unspecified atom stereocenters. The normalized spacial score (nSPS) is 17.7. The molecule has 0 spiro atoms. The van der Waals surface area contributed by atoms with Gasteiger partial charge in [0.25, 0.3) is 0 Å². The number of hydrogen-bond donors (Lipinski definition) is 4. The fraction of sp³-hybridized carbons (Fsp3) is 0.708. The molecule has 0 amide bonds. The quantitative estimate of drug-likeness (QED) is 0.204. The molecular formula is C24H42O5. The molecule has 4 atom stereocenters. The monoisotopic (exact) mass is 410 g/mol. The number of aliphatic hydroxyl groups is 3. The lowest BCUT2D eigenvalue weighted by Gasteiger charge is -2.29. The summed E-state index contributed by atoms with van der Waals surface area (Å²) in [6.07, 6.45) is 17.9. The molecular weight excluding hydrogens is 368 g/mol. The third-order valence-corrected chi connectivity index (χ3v) is 5.08. The van der Waals surface area contributed by atoms with E-state index in [1.165, 1.54) is 32.3 Å². The molecule has 0 aliphatic heterocycles. The van der Waals surface area contributed by atoms with Gasteiger partial charge in [-0.25, -0.2) is 0 Å². The molecule has 0 fully saturated rings. The second-order valence-electron chi connectivity index (χ2n) is 8.07. The van der Waals surface area contributed by atoms with Crippen LogP contribution < -0.4 is 0 Å². The molecule has 0 radical (unpaired) electrons. The Balaban J connectivity index is 4.13. The molecule has 0 heterocycles. The van der Waals surface area contributed by atoms with Crippen LogP contribution in [0.15, 0.2) is 36.5 Å².